The zero-order valence-corrected chi connectivity index (χ0v) is 28.7. The first-order valence-corrected chi connectivity index (χ1v) is 16.7. The van der Waals surface area contributed by atoms with Gasteiger partial charge in [0.1, 0.15) is 10.9 Å². The van der Waals surface area contributed by atoms with Crippen molar-refractivity contribution in [1.29, 1.82) is 0 Å². The summed E-state index contributed by atoms with van der Waals surface area (Å²) < 4.78 is 40.2. The third-order valence-corrected chi connectivity index (χ3v) is 9.29. The number of rotatable bonds is 10. The lowest BCUT2D eigenvalue weighted by molar-refractivity contribution is -0.137. The summed E-state index contributed by atoms with van der Waals surface area (Å²) in [4.78, 5) is 40.9. The van der Waals surface area contributed by atoms with Crippen molar-refractivity contribution < 1.29 is 27.6 Å². The Hall–Kier alpha value is -4.74. The second-order valence-corrected chi connectivity index (χ2v) is 13.0. The molecule has 0 heterocycles. The van der Waals surface area contributed by atoms with E-state index in [0.717, 1.165) is 30.0 Å². The Morgan fingerprint density at radius 1 is 0.700 bits per heavy atom. The molecule has 0 aromatic heterocycles. The Balaban J connectivity index is 1.41. The third kappa shape index (κ3) is 9.48. The van der Waals surface area contributed by atoms with Crippen LogP contribution in [0.5, 0.6) is 0 Å². The molecule has 0 saturated carbocycles. The molecule has 3 amide bonds. The van der Waals surface area contributed by atoms with Crippen molar-refractivity contribution in [1.82, 2.24) is 5.32 Å². The number of hydrogen-bond acceptors (Lipinski definition) is 4. The lowest BCUT2D eigenvalue weighted by Crippen LogP contribution is -2.30. The minimum atomic E-state index is -4.64. The lowest BCUT2D eigenvalue weighted by Gasteiger charge is -2.19. The van der Waals surface area contributed by atoms with Gasteiger partial charge in [-0.05, 0) is 72.3 Å². The van der Waals surface area contributed by atoms with Crippen LogP contribution in [0.1, 0.15) is 32.3 Å². The van der Waals surface area contributed by atoms with Crippen LogP contribution in [-0.4, -0.2) is 17.7 Å². The Bertz CT molecular complexity index is 2040. The van der Waals surface area contributed by atoms with Crippen molar-refractivity contribution in [3.05, 3.63) is 164 Å². The number of halogens is 6. The molecule has 1 atom stereocenters. The van der Waals surface area contributed by atoms with Crippen LogP contribution in [0.15, 0.2) is 132 Å². The molecule has 13 heteroatoms. The normalized spacial score (nSPS) is 12.2. The predicted octanol–water partition coefficient (Wildman–Crippen LogP) is 10.5. The predicted molar refractivity (Wildman–Crippen MR) is 194 cm³/mol. The number of thioether (sulfide) groups is 1. The molecule has 0 radical (unpaired) electrons. The van der Waals surface area contributed by atoms with Gasteiger partial charge >= 0.3 is 6.18 Å². The molecule has 0 saturated heterocycles. The summed E-state index contributed by atoms with van der Waals surface area (Å²) in [6, 6.07) is 31.0. The summed E-state index contributed by atoms with van der Waals surface area (Å²) in [6.45, 7) is 0. The van der Waals surface area contributed by atoms with E-state index in [1.54, 1.807) is 103 Å². The maximum absolute atomic E-state index is 13.7. The van der Waals surface area contributed by atoms with Gasteiger partial charge in [0.25, 0.3) is 11.8 Å². The van der Waals surface area contributed by atoms with Gasteiger partial charge in [-0.2, -0.15) is 13.2 Å². The highest BCUT2D eigenvalue weighted by molar-refractivity contribution is 8.00. The minimum Gasteiger partial charge on any atom is -0.323 e. The molecular weight excluding hydrogens is 730 g/mol. The van der Waals surface area contributed by atoms with Crippen LogP contribution in [-0.2, 0) is 15.8 Å². The standard InChI is InChI=1S/C37H25Cl3F3N3O3S/c38-28-15-8-16-29(39)27(28)21-32(46-34(47)23-11-5-2-6-12-23)35(48)44-25-13-7-14-26(20-25)50-33(22-9-3-1-4-10-22)36(49)45-31-19-24(37(41,42)43)17-18-30(31)40/h1-21,33H,(H,44,48)(H,45,49)(H,46,47)/b32-21+. The summed E-state index contributed by atoms with van der Waals surface area (Å²) in [7, 11) is 0. The van der Waals surface area contributed by atoms with Gasteiger partial charge in [0.2, 0.25) is 5.91 Å². The number of carbonyl (C=O) groups is 3. The van der Waals surface area contributed by atoms with E-state index in [0.29, 0.717) is 27.3 Å². The lowest BCUT2D eigenvalue weighted by atomic mass is 10.1. The first-order valence-electron chi connectivity index (χ1n) is 14.7. The summed E-state index contributed by atoms with van der Waals surface area (Å²) in [6.07, 6.45) is -3.27. The molecule has 0 spiro atoms. The van der Waals surface area contributed by atoms with Gasteiger partial charge in [-0.3, -0.25) is 14.4 Å². The number of hydrogen-bond donors (Lipinski definition) is 3. The number of nitrogens with one attached hydrogen (secondary N) is 3. The Morgan fingerprint density at radius 3 is 2.00 bits per heavy atom. The number of benzene rings is 5. The van der Waals surface area contributed by atoms with Crippen LogP contribution in [0.25, 0.3) is 6.08 Å². The van der Waals surface area contributed by atoms with Crippen LogP contribution >= 0.6 is 46.6 Å². The molecule has 0 bridgehead atoms. The number of carbonyl (C=O) groups excluding carboxylic acids is 3. The highest BCUT2D eigenvalue weighted by Gasteiger charge is 2.32. The van der Waals surface area contributed by atoms with Gasteiger partial charge in [0.15, 0.2) is 0 Å². The Kier molecular flexibility index (Phi) is 11.9. The maximum Gasteiger partial charge on any atom is 0.416 e. The van der Waals surface area contributed by atoms with Gasteiger partial charge in [-0.15, -0.1) is 11.8 Å². The van der Waals surface area contributed by atoms with E-state index in [1.165, 1.54) is 6.08 Å². The SMILES string of the molecule is O=C(Nc1cccc(SC(C(=O)Nc2cc(C(F)(F)F)ccc2Cl)c2ccccc2)c1)/C(=C\c1c(Cl)cccc1Cl)NC(=O)c1ccccc1. The molecule has 0 aliphatic carbocycles. The number of anilines is 2. The second kappa shape index (κ2) is 16.3. The number of amides is 3. The molecule has 6 nitrogen and oxygen atoms in total. The molecule has 5 rings (SSSR count). The fourth-order valence-electron chi connectivity index (χ4n) is 4.61. The summed E-state index contributed by atoms with van der Waals surface area (Å²) >= 11 is 20.0. The van der Waals surface area contributed by atoms with Crippen molar-refractivity contribution in [3.8, 4) is 0 Å². The van der Waals surface area contributed by atoms with Crippen molar-refractivity contribution in [2.75, 3.05) is 10.6 Å². The molecule has 0 fully saturated rings. The fourth-order valence-corrected chi connectivity index (χ4v) is 6.37. The van der Waals surface area contributed by atoms with Crippen molar-refractivity contribution in [2.24, 2.45) is 0 Å². The van der Waals surface area contributed by atoms with Crippen LogP contribution in [0.2, 0.25) is 15.1 Å². The average Bonchev–Trinajstić information content (AvgIpc) is 3.09. The summed E-state index contributed by atoms with van der Waals surface area (Å²) in [5, 5.41) is 7.45. The largest absolute Gasteiger partial charge is 0.416 e. The van der Waals surface area contributed by atoms with Gasteiger partial charge in [-0.25, -0.2) is 0 Å². The average molecular weight is 755 g/mol. The van der Waals surface area contributed by atoms with Crippen molar-refractivity contribution in [2.45, 2.75) is 16.3 Å². The molecule has 3 N–H and O–H groups in total. The topological polar surface area (TPSA) is 87.3 Å². The van der Waals surface area contributed by atoms with E-state index in [2.05, 4.69) is 16.0 Å². The van der Waals surface area contributed by atoms with Crippen LogP contribution in [0.4, 0.5) is 24.5 Å². The van der Waals surface area contributed by atoms with Gasteiger partial charge in [0, 0.05) is 31.8 Å². The molecule has 50 heavy (non-hydrogen) atoms. The maximum atomic E-state index is 13.7. The smallest absolute Gasteiger partial charge is 0.323 e. The molecule has 0 aliphatic rings. The second-order valence-electron chi connectivity index (χ2n) is 10.6. The molecular formula is C37H25Cl3F3N3O3S. The zero-order valence-electron chi connectivity index (χ0n) is 25.6. The van der Waals surface area contributed by atoms with E-state index >= 15 is 0 Å². The van der Waals surface area contributed by atoms with Crippen LogP contribution in [0, 0.1) is 0 Å². The fraction of sp³-hybridized carbons (Fsp3) is 0.0541. The highest BCUT2D eigenvalue weighted by Crippen LogP contribution is 2.39. The Morgan fingerprint density at radius 2 is 1.34 bits per heavy atom. The summed E-state index contributed by atoms with van der Waals surface area (Å²) in [5.74, 6) is -1.86. The minimum absolute atomic E-state index is 0.0610. The molecule has 0 aliphatic heterocycles. The van der Waals surface area contributed by atoms with E-state index < -0.39 is 34.7 Å². The van der Waals surface area contributed by atoms with Gasteiger partial charge in [-0.1, -0.05) is 95.5 Å². The summed E-state index contributed by atoms with van der Waals surface area (Å²) in [5.41, 5.74) is 0.213. The van der Waals surface area contributed by atoms with Crippen molar-refractivity contribution >= 4 is 81.7 Å². The Labute approximate surface area is 304 Å². The molecule has 5 aromatic rings. The van der Waals surface area contributed by atoms with Gasteiger partial charge in [0.05, 0.1) is 16.3 Å². The molecule has 254 valence electrons. The van der Waals surface area contributed by atoms with Gasteiger partial charge < -0.3 is 16.0 Å². The van der Waals surface area contributed by atoms with Crippen molar-refractivity contribution in [3.63, 3.8) is 0 Å². The van der Waals surface area contributed by atoms with E-state index in [-0.39, 0.29) is 26.5 Å². The first-order chi connectivity index (χ1) is 23.9. The molecule has 1 unspecified atom stereocenters. The highest BCUT2D eigenvalue weighted by atomic mass is 35.5. The van der Waals surface area contributed by atoms with Crippen LogP contribution < -0.4 is 16.0 Å². The first kappa shape index (κ1) is 36.5. The van der Waals surface area contributed by atoms with E-state index in [4.69, 9.17) is 34.8 Å². The zero-order chi connectivity index (χ0) is 35.8. The quantitative estimate of drug-likeness (QED) is 0.0979. The monoisotopic (exact) mass is 753 g/mol. The van der Waals surface area contributed by atoms with E-state index in [9.17, 15) is 27.6 Å². The third-order valence-electron chi connectivity index (χ3n) is 7.06. The number of alkyl halides is 3. The molecule has 5 aromatic carbocycles. The van der Waals surface area contributed by atoms with E-state index in [1.807, 2.05) is 0 Å². The van der Waals surface area contributed by atoms with Crippen LogP contribution in [0.3, 0.4) is 0 Å².